The second-order valence-corrected chi connectivity index (χ2v) is 4.69. The smallest absolute Gasteiger partial charge is 0.120 e. The van der Waals surface area contributed by atoms with E-state index in [1.807, 2.05) is 19.2 Å². The minimum atomic E-state index is 0.226. The maximum atomic E-state index is 5.57. The van der Waals surface area contributed by atoms with Crippen LogP contribution in [-0.2, 0) is 6.42 Å². The Labute approximate surface area is 113 Å². The molecule has 4 heteroatoms. The van der Waals surface area contributed by atoms with Crippen molar-refractivity contribution in [3.63, 3.8) is 0 Å². The summed E-state index contributed by atoms with van der Waals surface area (Å²) in [5.74, 6) is 0.837. The highest BCUT2D eigenvalue weighted by Gasteiger charge is 2.06. The van der Waals surface area contributed by atoms with Crippen LogP contribution in [0.1, 0.15) is 18.1 Å². The SMILES string of the molecule is CCc1cc(OCC=C(Cl)Cl)cc(C)c1NC. The average Bonchev–Trinajstić information content (AvgIpc) is 2.27. The molecule has 0 amide bonds. The van der Waals surface area contributed by atoms with Gasteiger partial charge < -0.3 is 10.1 Å². The van der Waals surface area contributed by atoms with Crippen LogP contribution in [0.3, 0.4) is 0 Å². The first-order chi connectivity index (χ1) is 8.08. The molecule has 0 atom stereocenters. The van der Waals surface area contributed by atoms with Gasteiger partial charge in [0.15, 0.2) is 0 Å². The number of nitrogens with one attached hydrogen (secondary N) is 1. The first kappa shape index (κ1) is 14.2. The van der Waals surface area contributed by atoms with Crippen LogP contribution >= 0.6 is 23.2 Å². The van der Waals surface area contributed by atoms with E-state index in [1.54, 1.807) is 6.08 Å². The summed E-state index contributed by atoms with van der Waals surface area (Å²) in [6.07, 6.45) is 2.58. The van der Waals surface area contributed by atoms with Crippen LogP contribution < -0.4 is 10.1 Å². The van der Waals surface area contributed by atoms with Crippen molar-refractivity contribution < 1.29 is 4.74 Å². The van der Waals surface area contributed by atoms with Crippen LogP contribution in [-0.4, -0.2) is 13.7 Å². The third kappa shape index (κ3) is 4.14. The largest absolute Gasteiger partial charge is 0.489 e. The number of halogens is 2. The molecule has 0 fully saturated rings. The van der Waals surface area contributed by atoms with Crippen molar-refractivity contribution in [3.8, 4) is 5.75 Å². The first-order valence-electron chi connectivity index (χ1n) is 5.53. The predicted molar refractivity (Wildman–Crippen MR) is 75.4 cm³/mol. The number of benzene rings is 1. The van der Waals surface area contributed by atoms with Gasteiger partial charge in [-0.15, -0.1) is 0 Å². The number of aryl methyl sites for hydroxylation is 2. The van der Waals surface area contributed by atoms with E-state index in [4.69, 9.17) is 27.9 Å². The van der Waals surface area contributed by atoms with Crippen LogP contribution in [0.25, 0.3) is 0 Å². The molecule has 0 saturated carbocycles. The van der Waals surface area contributed by atoms with E-state index in [-0.39, 0.29) is 4.49 Å². The van der Waals surface area contributed by atoms with Crippen molar-refractivity contribution in [1.29, 1.82) is 0 Å². The lowest BCUT2D eigenvalue weighted by molar-refractivity contribution is 0.362. The summed E-state index contributed by atoms with van der Waals surface area (Å²) < 4.78 is 5.79. The molecule has 0 aliphatic carbocycles. The van der Waals surface area contributed by atoms with Gasteiger partial charge in [0.05, 0.1) is 0 Å². The molecule has 0 aliphatic rings. The predicted octanol–water partition coefficient (Wildman–Crippen LogP) is 4.30. The topological polar surface area (TPSA) is 21.3 Å². The van der Waals surface area contributed by atoms with Crippen LogP contribution in [0.15, 0.2) is 22.7 Å². The molecular formula is C13H17Cl2NO. The third-order valence-corrected chi connectivity index (χ3v) is 2.82. The molecule has 0 unspecified atom stereocenters. The third-order valence-electron chi connectivity index (χ3n) is 2.51. The van der Waals surface area contributed by atoms with E-state index < -0.39 is 0 Å². The maximum absolute atomic E-state index is 5.57. The Morgan fingerprint density at radius 1 is 1.41 bits per heavy atom. The number of ether oxygens (including phenoxy) is 1. The number of hydrogen-bond donors (Lipinski definition) is 1. The molecule has 17 heavy (non-hydrogen) atoms. The van der Waals surface area contributed by atoms with Crippen LogP contribution in [0.2, 0.25) is 0 Å². The normalized spacial score (nSPS) is 9.94. The zero-order valence-corrected chi connectivity index (χ0v) is 11.8. The molecule has 0 bridgehead atoms. The number of hydrogen-bond acceptors (Lipinski definition) is 2. The fraction of sp³-hybridized carbons (Fsp3) is 0.385. The van der Waals surface area contributed by atoms with Crippen molar-refractivity contribution in [2.45, 2.75) is 20.3 Å². The Kier molecular flexibility index (Phi) is 5.66. The monoisotopic (exact) mass is 273 g/mol. The molecule has 0 aliphatic heterocycles. The van der Waals surface area contributed by atoms with Crippen molar-refractivity contribution >= 4 is 28.9 Å². The van der Waals surface area contributed by atoms with Crippen LogP contribution in [0.5, 0.6) is 5.75 Å². The summed E-state index contributed by atoms with van der Waals surface area (Å²) in [7, 11) is 1.93. The summed E-state index contributed by atoms with van der Waals surface area (Å²) in [4.78, 5) is 0. The lowest BCUT2D eigenvalue weighted by Crippen LogP contribution is -2.00. The Morgan fingerprint density at radius 3 is 2.65 bits per heavy atom. The Hall–Kier alpha value is -0.860. The Bertz CT molecular complexity index is 412. The molecule has 2 nitrogen and oxygen atoms in total. The van der Waals surface area contributed by atoms with Crippen molar-refractivity contribution in [3.05, 3.63) is 33.8 Å². The van der Waals surface area contributed by atoms with Crippen molar-refractivity contribution in [2.75, 3.05) is 19.0 Å². The molecule has 1 aromatic rings. The van der Waals surface area contributed by atoms with E-state index in [0.717, 1.165) is 12.2 Å². The first-order valence-corrected chi connectivity index (χ1v) is 6.29. The highest BCUT2D eigenvalue weighted by molar-refractivity contribution is 6.55. The summed E-state index contributed by atoms with van der Waals surface area (Å²) in [6, 6.07) is 4.04. The highest BCUT2D eigenvalue weighted by Crippen LogP contribution is 2.27. The van der Waals surface area contributed by atoms with E-state index in [1.165, 1.54) is 16.8 Å². The number of rotatable bonds is 5. The second-order valence-electron chi connectivity index (χ2n) is 3.68. The summed E-state index contributed by atoms with van der Waals surface area (Å²) in [5.41, 5.74) is 3.58. The molecular weight excluding hydrogens is 257 g/mol. The molecule has 0 spiro atoms. The lowest BCUT2D eigenvalue weighted by Gasteiger charge is -2.13. The van der Waals surface area contributed by atoms with E-state index in [9.17, 15) is 0 Å². The minimum Gasteiger partial charge on any atom is -0.489 e. The van der Waals surface area contributed by atoms with Gasteiger partial charge in [0, 0.05) is 12.7 Å². The van der Waals surface area contributed by atoms with Crippen LogP contribution in [0, 0.1) is 6.92 Å². The summed E-state index contributed by atoms with van der Waals surface area (Å²) >= 11 is 11.0. The van der Waals surface area contributed by atoms with E-state index in [0.29, 0.717) is 6.61 Å². The fourth-order valence-corrected chi connectivity index (χ4v) is 1.87. The Morgan fingerprint density at radius 2 is 2.12 bits per heavy atom. The van der Waals surface area contributed by atoms with Gasteiger partial charge in [-0.3, -0.25) is 0 Å². The van der Waals surface area contributed by atoms with E-state index >= 15 is 0 Å². The van der Waals surface area contributed by atoms with Gasteiger partial charge in [0.2, 0.25) is 0 Å². The highest BCUT2D eigenvalue weighted by atomic mass is 35.5. The van der Waals surface area contributed by atoms with Gasteiger partial charge in [-0.25, -0.2) is 0 Å². The molecule has 1 N–H and O–H groups in total. The zero-order valence-electron chi connectivity index (χ0n) is 10.3. The molecule has 0 radical (unpaired) electrons. The van der Waals surface area contributed by atoms with Crippen LogP contribution in [0.4, 0.5) is 5.69 Å². The minimum absolute atomic E-state index is 0.226. The zero-order chi connectivity index (χ0) is 12.8. The second kappa shape index (κ2) is 6.77. The van der Waals surface area contributed by atoms with Gasteiger partial charge in [0.1, 0.15) is 16.8 Å². The van der Waals surface area contributed by atoms with Crippen molar-refractivity contribution in [1.82, 2.24) is 0 Å². The molecule has 0 aromatic heterocycles. The molecule has 0 heterocycles. The average molecular weight is 274 g/mol. The molecule has 1 aromatic carbocycles. The summed E-state index contributed by atoms with van der Waals surface area (Å²) in [5, 5.41) is 3.21. The quantitative estimate of drug-likeness (QED) is 0.864. The van der Waals surface area contributed by atoms with Gasteiger partial charge in [-0.2, -0.15) is 0 Å². The van der Waals surface area contributed by atoms with Gasteiger partial charge in [-0.05, 0) is 42.7 Å². The molecule has 94 valence electrons. The summed E-state index contributed by atoms with van der Waals surface area (Å²) in [6.45, 7) is 4.56. The lowest BCUT2D eigenvalue weighted by atomic mass is 10.1. The molecule has 0 saturated heterocycles. The standard InChI is InChI=1S/C13H17Cl2NO/c1-4-10-8-11(17-6-5-12(14)15)7-9(2)13(10)16-3/h5,7-8,16H,4,6H2,1-3H3. The fourth-order valence-electron chi connectivity index (χ4n) is 1.75. The van der Waals surface area contributed by atoms with Gasteiger partial charge in [-0.1, -0.05) is 30.1 Å². The van der Waals surface area contributed by atoms with E-state index in [2.05, 4.69) is 19.2 Å². The van der Waals surface area contributed by atoms with Gasteiger partial charge in [0.25, 0.3) is 0 Å². The van der Waals surface area contributed by atoms with Gasteiger partial charge >= 0.3 is 0 Å². The number of anilines is 1. The van der Waals surface area contributed by atoms with Crippen molar-refractivity contribution in [2.24, 2.45) is 0 Å². The molecule has 1 rings (SSSR count). The Balaban J connectivity index is 2.88. The maximum Gasteiger partial charge on any atom is 0.120 e.